The largest absolute Gasteiger partial charge is 1.00 e. The van der Waals surface area contributed by atoms with Crippen LogP contribution in [0.5, 0.6) is 0 Å². The molecule has 0 aromatic heterocycles. The number of aliphatic carboxylic acids is 1. The van der Waals surface area contributed by atoms with E-state index in [4.69, 9.17) is 9.84 Å². The van der Waals surface area contributed by atoms with E-state index in [0.29, 0.717) is 13.2 Å². The van der Waals surface area contributed by atoms with Crippen molar-refractivity contribution in [3.05, 3.63) is 0 Å². The predicted molar refractivity (Wildman–Crippen MR) is 38.2 cm³/mol. The van der Waals surface area contributed by atoms with Gasteiger partial charge in [0.25, 0.3) is 0 Å². The molecule has 0 saturated carbocycles. The van der Waals surface area contributed by atoms with Crippen LogP contribution in [0.3, 0.4) is 0 Å². The number of nitrogens with one attached hydrogen (secondary N) is 1. The molecule has 0 aliphatic carbocycles. The van der Waals surface area contributed by atoms with Gasteiger partial charge in [-0.15, -0.1) is 0 Å². The average molecular weight is 197 g/mol. The number of hydrogen-bond acceptors (Lipinski definition) is 5. The maximum Gasteiger partial charge on any atom is 1.00 e. The Morgan fingerprint density at radius 3 is 2.85 bits per heavy atom. The predicted octanol–water partition coefficient (Wildman–Crippen LogP) is -5.66. The third-order valence-corrected chi connectivity index (χ3v) is 1.90. The zero-order chi connectivity index (χ0) is 8.97. The molecule has 1 aliphatic rings. The van der Waals surface area contributed by atoms with Gasteiger partial charge in [0, 0.05) is 25.0 Å². The normalized spacial score (nSPS) is 24.5. The van der Waals surface area contributed by atoms with Gasteiger partial charge in [-0.05, 0) is 0 Å². The van der Waals surface area contributed by atoms with E-state index in [9.17, 15) is 9.90 Å². The maximum atomic E-state index is 10.5. The molecule has 1 fully saturated rings. The number of carbonyl (C=O) groups excluding carboxylic acids is 1. The van der Waals surface area contributed by atoms with Crippen LogP contribution in [0.1, 0.15) is 0 Å². The fourth-order valence-corrected chi connectivity index (χ4v) is 1.19. The van der Waals surface area contributed by atoms with Gasteiger partial charge < -0.3 is 25.1 Å². The van der Waals surface area contributed by atoms with Gasteiger partial charge in [0.2, 0.25) is 0 Å². The summed E-state index contributed by atoms with van der Waals surface area (Å²) in [6.07, 6.45) is -0.464. The molecule has 0 aromatic carbocycles. The van der Waals surface area contributed by atoms with Crippen LogP contribution in [0.25, 0.3) is 0 Å². The Balaban J connectivity index is 0.00000144. The molecule has 70 valence electrons. The number of carboxylic acids is 1. The molecule has 0 bridgehead atoms. The van der Waals surface area contributed by atoms with Crippen molar-refractivity contribution in [2.24, 2.45) is 5.92 Å². The molecule has 0 amide bonds. The van der Waals surface area contributed by atoms with Crippen molar-refractivity contribution in [1.82, 2.24) is 5.32 Å². The van der Waals surface area contributed by atoms with Gasteiger partial charge in [0.1, 0.15) is 0 Å². The Bertz CT molecular complexity index is 161. The topological polar surface area (TPSA) is 81.6 Å². The summed E-state index contributed by atoms with van der Waals surface area (Å²) in [6, 6.07) is 0. The summed E-state index contributed by atoms with van der Waals surface area (Å²) >= 11 is 0. The van der Waals surface area contributed by atoms with Crippen LogP contribution in [0.15, 0.2) is 0 Å². The molecule has 0 aromatic rings. The first-order valence-electron chi connectivity index (χ1n) is 3.89. The molecular formula is C7H12NNaO4. The number of carbonyl (C=O) groups is 1. The number of ether oxygens (including phenoxy) is 1. The minimum Gasteiger partial charge on any atom is -0.550 e. The molecular weight excluding hydrogens is 185 g/mol. The molecule has 1 rings (SSSR count). The van der Waals surface area contributed by atoms with E-state index < -0.39 is 24.6 Å². The van der Waals surface area contributed by atoms with E-state index in [1.807, 2.05) is 0 Å². The van der Waals surface area contributed by atoms with E-state index in [0.717, 1.165) is 6.54 Å². The Labute approximate surface area is 98.7 Å². The van der Waals surface area contributed by atoms with Gasteiger partial charge in [-0.25, -0.2) is 0 Å². The number of rotatable bonds is 3. The van der Waals surface area contributed by atoms with Gasteiger partial charge in [0.15, 0.2) is 0 Å². The maximum absolute atomic E-state index is 10.5. The number of morpholine rings is 1. The molecule has 1 saturated heterocycles. The Morgan fingerprint density at radius 2 is 2.46 bits per heavy atom. The first-order valence-corrected chi connectivity index (χ1v) is 3.89. The smallest absolute Gasteiger partial charge is 0.550 e. The quantitative estimate of drug-likeness (QED) is 0.441. The van der Waals surface area contributed by atoms with Crippen molar-refractivity contribution < 1.29 is 49.3 Å². The third-order valence-electron chi connectivity index (χ3n) is 1.90. The molecule has 13 heavy (non-hydrogen) atoms. The first kappa shape index (κ1) is 13.4. The minimum atomic E-state index is -1.26. The Morgan fingerprint density at radius 1 is 1.77 bits per heavy atom. The zero-order valence-corrected chi connectivity index (χ0v) is 9.66. The summed E-state index contributed by atoms with van der Waals surface area (Å²) in [7, 11) is 0. The molecule has 2 atom stereocenters. The van der Waals surface area contributed by atoms with Gasteiger partial charge in [-0.2, -0.15) is 0 Å². The summed E-state index contributed by atoms with van der Waals surface area (Å²) in [4.78, 5) is 10.5. The van der Waals surface area contributed by atoms with Gasteiger partial charge >= 0.3 is 29.6 Å². The number of hydrogen-bond donors (Lipinski definition) is 2. The Kier molecular flexibility index (Phi) is 6.93. The summed E-state index contributed by atoms with van der Waals surface area (Å²) in [6.45, 7) is 1.23. The molecule has 5 nitrogen and oxygen atoms in total. The summed E-state index contributed by atoms with van der Waals surface area (Å²) in [5, 5.41) is 22.1. The standard InChI is InChI=1S/C7H13NO4.Na/c9-4-5(7(10)11)6-3-8-1-2-12-6;/h5-6,8-9H,1-4H2,(H,10,11);/q;+1/p-1. The second-order valence-corrected chi connectivity index (χ2v) is 2.72. The van der Waals surface area contributed by atoms with Crippen molar-refractivity contribution >= 4 is 5.97 Å². The van der Waals surface area contributed by atoms with Crippen molar-refractivity contribution in [2.75, 3.05) is 26.3 Å². The molecule has 1 heterocycles. The van der Waals surface area contributed by atoms with Gasteiger partial charge in [0.05, 0.1) is 19.3 Å². The van der Waals surface area contributed by atoms with Crippen LogP contribution >= 0.6 is 0 Å². The monoisotopic (exact) mass is 197 g/mol. The van der Waals surface area contributed by atoms with E-state index in [2.05, 4.69) is 5.32 Å². The first-order chi connectivity index (χ1) is 5.75. The molecule has 1 aliphatic heterocycles. The molecule has 2 unspecified atom stereocenters. The summed E-state index contributed by atoms with van der Waals surface area (Å²) in [5.41, 5.74) is 0. The second kappa shape index (κ2) is 6.75. The van der Waals surface area contributed by atoms with Gasteiger partial charge in [-0.1, -0.05) is 0 Å². The van der Waals surface area contributed by atoms with Crippen LogP contribution in [0.4, 0.5) is 0 Å². The third kappa shape index (κ3) is 3.93. The molecule has 0 radical (unpaired) electrons. The fraction of sp³-hybridized carbons (Fsp3) is 0.857. The van der Waals surface area contributed by atoms with E-state index in [1.54, 1.807) is 0 Å². The molecule has 2 N–H and O–H groups in total. The van der Waals surface area contributed by atoms with Crippen molar-refractivity contribution in [1.29, 1.82) is 0 Å². The average Bonchev–Trinajstić information content (AvgIpc) is 2.07. The van der Waals surface area contributed by atoms with Crippen LogP contribution in [0, 0.1) is 5.92 Å². The van der Waals surface area contributed by atoms with E-state index in [-0.39, 0.29) is 29.6 Å². The fourth-order valence-electron chi connectivity index (χ4n) is 1.19. The van der Waals surface area contributed by atoms with E-state index >= 15 is 0 Å². The van der Waals surface area contributed by atoms with Crippen molar-refractivity contribution in [3.8, 4) is 0 Å². The van der Waals surface area contributed by atoms with Crippen molar-refractivity contribution in [3.63, 3.8) is 0 Å². The number of aliphatic hydroxyl groups is 1. The molecule has 0 spiro atoms. The van der Waals surface area contributed by atoms with Crippen LogP contribution in [-0.2, 0) is 9.53 Å². The summed E-state index contributed by atoms with van der Waals surface area (Å²) in [5.74, 6) is -2.18. The van der Waals surface area contributed by atoms with Gasteiger partial charge in [-0.3, -0.25) is 0 Å². The SMILES string of the molecule is O=C([O-])C(CO)C1CNCCO1.[Na+]. The number of aliphatic hydroxyl groups excluding tert-OH is 1. The second-order valence-electron chi connectivity index (χ2n) is 2.72. The molecule has 6 heteroatoms. The minimum absolute atomic E-state index is 0. The summed E-state index contributed by atoms with van der Waals surface area (Å²) < 4.78 is 5.15. The Hall–Kier alpha value is 0.350. The van der Waals surface area contributed by atoms with Crippen LogP contribution in [-0.4, -0.2) is 43.5 Å². The van der Waals surface area contributed by atoms with E-state index in [1.165, 1.54) is 0 Å². The zero-order valence-electron chi connectivity index (χ0n) is 7.66. The number of carboxylic acid groups (broad SMARTS) is 1. The van der Waals surface area contributed by atoms with Crippen molar-refractivity contribution in [2.45, 2.75) is 6.10 Å². The van der Waals surface area contributed by atoms with Crippen LogP contribution < -0.4 is 40.0 Å². The van der Waals surface area contributed by atoms with Crippen LogP contribution in [0.2, 0.25) is 0 Å².